The van der Waals surface area contributed by atoms with Gasteiger partial charge in [0.05, 0.1) is 38.4 Å². The summed E-state index contributed by atoms with van der Waals surface area (Å²) >= 11 is 0. The molecule has 1 saturated heterocycles. The minimum absolute atomic E-state index is 0.0950. The summed E-state index contributed by atoms with van der Waals surface area (Å²) in [5.41, 5.74) is 0.690. The molecule has 2 aliphatic carbocycles. The van der Waals surface area contributed by atoms with Gasteiger partial charge in [0.25, 0.3) is 5.91 Å². The average molecular weight is 374 g/mol. The summed E-state index contributed by atoms with van der Waals surface area (Å²) in [6.45, 7) is 3.33. The first kappa shape index (κ1) is 18.2. The number of esters is 1. The smallest absolute Gasteiger partial charge is 0.308 e. The third kappa shape index (κ3) is 4.40. The van der Waals surface area contributed by atoms with Crippen molar-refractivity contribution in [3.8, 4) is 5.88 Å². The molecule has 2 heterocycles. The SMILES string of the molecule is CCOC(=O)CC1(NC(=O)c2ccc(C3CC3)c(OCC3CC3)n2)COC1. The van der Waals surface area contributed by atoms with Crippen molar-refractivity contribution < 1.29 is 23.8 Å². The second-order valence-electron chi connectivity index (χ2n) is 7.83. The van der Waals surface area contributed by atoms with E-state index in [0.717, 1.165) is 18.4 Å². The van der Waals surface area contributed by atoms with E-state index in [0.29, 0.717) is 49.8 Å². The number of hydrogen-bond donors (Lipinski definition) is 1. The van der Waals surface area contributed by atoms with Crippen LogP contribution in [0.15, 0.2) is 12.1 Å². The molecule has 4 rings (SSSR count). The monoisotopic (exact) mass is 374 g/mol. The maximum atomic E-state index is 12.8. The standard InChI is InChI=1S/C20H26N2O5/c1-2-26-17(23)9-20(11-25-12-20)22-18(24)16-8-7-15(14-5-6-14)19(21-16)27-10-13-3-4-13/h7-8,13-14H,2-6,9-12H2,1H3,(H,22,24). The van der Waals surface area contributed by atoms with Crippen LogP contribution in [0.5, 0.6) is 5.88 Å². The fraction of sp³-hybridized carbons (Fsp3) is 0.650. The lowest BCUT2D eigenvalue weighted by atomic mass is 9.92. The normalized spacial score (nSPS) is 20.5. The number of amides is 1. The highest BCUT2D eigenvalue weighted by atomic mass is 16.5. The Morgan fingerprint density at radius 2 is 2.04 bits per heavy atom. The number of pyridine rings is 1. The molecule has 7 nitrogen and oxygen atoms in total. The van der Waals surface area contributed by atoms with Crippen LogP contribution in [-0.4, -0.2) is 48.8 Å². The molecule has 1 aromatic rings. The molecule has 1 aliphatic heterocycles. The second kappa shape index (κ2) is 7.46. The first-order chi connectivity index (χ1) is 13.1. The number of rotatable bonds is 9. The number of nitrogens with zero attached hydrogens (tertiary/aromatic N) is 1. The molecule has 7 heteroatoms. The Labute approximate surface area is 158 Å². The Morgan fingerprint density at radius 3 is 2.63 bits per heavy atom. The number of carbonyl (C=O) groups excluding carboxylic acids is 2. The Morgan fingerprint density at radius 1 is 1.26 bits per heavy atom. The van der Waals surface area contributed by atoms with E-state index in [1.165, 1.54) is 12.8 Å². The summed E-state index contributed by atoms with van der Waals surface area (Å²) in [6.07, 6.45) is 4.79. The van der Waals surface area contributed by atoms with Crippen molar-refractivity contribution in [1.82, 2.24) is 10.3 Å². The first-order valence-electron chi connectivity index (χ1n) is 9.78. The van der Waals surface area contributed by atoms with E-state index in [-0.39, 0.29) is 18.3 Å². The topological polar surface area (TPSA) is 86.8 Å². The van der Waals surface area contributed by atoms with E-state index < -0.39 is 5.54 Å². The molecule has 1 aromatic heterocycles. The highest BCUT2D eigenvalue weighted by Gasteiger charge is 2.43. The fourth-order valence-electron chi connectivity index (χ4n) is 3.24. The third-order valence-corrected chi connectivity index (χ3v) is 5.22. The van der Waals surface area contributed by atoms with Gasteiger partial charge in [-0.2, -0.15) is 0 Å². The average Bonchev–Trinajstić information content (AvgIpc) is 3.52. The quantitative estimate of drug-likeness (QED) is 0.667. The van der Waals surface area contributed by atoms with E-state index in [1.807, 2.05) is 6.07 Å². The molecule has 1 N–H and O–H groups in total. The van der Waals surface area contributed by atoms with Crippen LogP contribution in [0.2, 0.25) is 0 Å². The molecule has 0 spiro atoms. The zero-order valence-electron chi connectivity index (χ0n) is 15.7. The van der Waals surface area contributed by atoms with Gasteiger partial charge in [0.2, 0.25) is 5.88 Å². The lowest BCUT2D eigenvalue weighted by molar-refractivity contribution is -0.151. The molecule has 0 bridgehead atoms. The largest absolute Gasteiger partial charge is 0.477 e. The van der Waals surface area contributed by atoms with Gasteiger partial charge in [0.1, 0.15) is 5.69 Å². The minimum atomic E-state index is -0.713. The highest BCUT2D eigenvalue weighted by molar-refractivity contribution is 5.93. The van der Waals surface area contributed by atoms with E-state index in [4.69, 9.17) is 14.2 Å². The Hall–Kier alpha value is -2.15. The number of hydrogen-bond acceptors (Lipinski definition) is 6. The van der Waals surface area contributed by atoms with Crippen molar-refractivity contribution in [2.24, 2.45) is 5.92 Å². The second-order valence-corrected chi connectivity index (χ2v) is 7.83. The van der Waals surface area contributed by atoms with Crippen LogP contribution in [0, 0.1) is 5.92 Å². The van der Waals surface area contributed by atoms with Gasteiger partial charge < -0.3 is 19.5 Å². The maximum Gasteiger partial charge on any atom is 0.308 e. The minimum Gasteiger partial charge on any atom is -0.477 e. The van der Waals surface area contributed by atoms with Gasteiger partial charge in [0.15, 0.2) is 0 Å². The number of nitrogens with one attached hydrogen (secondary N) is 1. The molecule has 3 fully saturated rings. The zero-order valence-corrected chi connectivity index (χ0v) is 15.7. The predicted molar refractivity (Wildman–Crippen MR) is 96.7 cm³/mol. The summed E-state index contributed by atoms with van der Waals surface area (Å²) in [4.78, 5) is 29.1. The number of ether oxygens (including phenoxy) is 3. The van der Waals surface area contributed by atoms with Crippen LogP contribution in [0.4, 0.5) is 0 Å². The van der Waals surface area contributed by atoms with Crippen molar-refractivity contribution in [2.75, 3.05) is 26.4 Å². The van der Waals surface area contributed by atoms with Crippen LogP contribution in [-0.2, 0) is 14.3 Å². The first-order valence-corrected chi connectivity index (χ1v) is 9.78. The molecule has 146 valence electrons. The molecule has 27 heavy (non-hydrogen) atoms. The van der Waals surface area contributed by atoms with Crippen molar-refractivity contribution in [3.05, 3.63) is 23.4 Å². The van der Waals surface area contributed by atoms with Crippen molar-refractivity contribution >= 4 is 11.9 Å². The zero-order chi connectivity index (χ0) is 18.9. The van der Waals surface area contributed by atoms with E-state index >= 15 is 0 Å². The molecule has 2 saturated carbocycles. The summed E-state index contributed by atoms with van der Waals surface area (Å²) < 4.78 is 16.2. The maximum absolute atomic E-state index is 12.8. The number of carbonyl (C=O) groups is 2. The summed E-state index contributed by atoms with van der Waals surface area (Å²) in [5, 5.41) is 2.92. The molecular weight excluding hydrogens is 348 g/mol. The third-order valence-electron chi connectivity index (χ3n) is 5.22. The molecule has 1 amide bonds. The lowest BCUT2D eigenvalue weighted by Gasteiger charge is -2.41. The van der Waals surface area contributed by atoms with Gasteiger partial charge in [0, 0.05) is 5.56 Å². The van der Waals surface area contributed by atoms with Crippen molar-refractivity contribution in [3.63, 3.8) is 0 Å². The Balaban J connectivity index is 1.45. The predicted octanol–water partition coefficient (Wildman–Crippen LogP) is 2.20. The molecule has 0 atom stereocenters. The molecule has 0 aromatic carbocycles. The van der Waals surface area contributed by atoms with Gasteiger partial charge in [-0.25, -0.2) is 4.98 Å². The van der Waals surface area contributed by atoms with Gasteiger partial charge in [-0.15, -0.1) is 0 Å². The Kier molecular flexibility index (Phi) is 5.04. The van der Waals surface area contributed by atoms with Crippen LogP contribution in [0.1, 0.15) is 61.0 Å². The highest BCUT2D eigenvalue weighted by Crippen LogP contribution is 2.44. The lowest BCUT2D eigenvalue weighted by Crippen LogP contribution is -2.63. The molecular formula is C20H26N2O5. The number of aromatic nitrogens is 1. The summed E-state index contributed by atoms with van der Waals surface area (Å²) in [6, 6.07) is 3.70. The van der Waals surface area contributed by atoms with Crippen molar-refractivity contribution in [1.29, 1.82) is 0 Å². The van der Waals surface area contributed by atoms with E-state index in [2.05, 4.69) is 10.3 Å². The van der Waals surface area contributed by atoms with Gasteiger partial charge >= 0.3 is 5.97 Å². The Bertz CT molecular complexity index is 723. The van der Waals surface area contributed by atoms with Gasteiger partial charge in [-0.3, -0.25) is 9.59 Å². The van der Waals surface area contributed by atoms with Crippen LogP contribution < -0.4 is 10.1 Å². The van der Waals surface area contributed by atoms with E-state index in [1.54, 1.807) is 13.0 Å². The van der Waals surface area contributed by atoms with Gasteiger partial charge in [-0.1, -0.05) is 6.07 Å². The van der Waals surface area contributed by atoms with E-state index in [9.17, 15) is 9.59 Å². The molecule has 0 radical (unpaired) electrons. The van der Waals surface area contributed by atoms with Gasteiger partial charge in [-0.05, 0) is 50.5 Å². The molecule has 3 aliphatic rings. The van der Waals surface area contributed by atoms with Crippen LogP contribution in [0.25, 0.3) is 0 Å². The van der Waals surface area contributed by atoms with Crippen LogP contribution in [0.3, 0.4) is 0 Å². The summed E-state index contributed by atoms with van der Waals surface area (Å²) in [5.74, 6) is 1.05. The summed E-state index contributed by atoms with van der Waals surface area (Å²) in [7, 11) is 0. The van der Waals surface area contributed by atoms with Crippen molar-refractivity contribution in [2.45, 2.75) is 50.5 Å². The fourth-order valence-corrected chi connectivity index (χ4v) is 3.24. The molecule has 0 unspecified atom stereocenters. The van der Waals surface area contributed by atoms with Crippen LogP contribution >= 0.6 is 0 Å².